The van der Waals surface area contributed by atoms with E-state index in [1.165, 1.54) is 89.9 Å². The number of carbonyl (C=O) groups excluding carboxylic acids is 2. The molecule has 6 heteroatoms. The quantitative estimate of drug-likeness (QED) is 0.0326. The van der Waals surface area contributed by atoms with Crippen molar-refractivity contribution in [1.29, 1.82) is 0 Å². The Labute approximate surface area is 346 Å². The molecule has 0 radical (unpaired) electrons. The normalized spacial score (nSPS) is 13.9. The highest BCUT2D eigenvalue weighted by molar-refractivity contribution is 5.77. The lowest BCUT2D eigenvalue weighted by molar-refractivity contribution is -0.151. The SMILES string of the molecule is CCCC/C=C\CCCCCC(CC(=O)NC(CO)C(O)CCCCCCCCCCCCC)OC(=O)CCC/C=C\C/C=C\C/C=C\C/C=C\CCCCC. The second-order valence-corrected chi connectivity index (χ2v) is 15.8. The van der Waals surface area contributed by atoms with Crippen LogP contribution in [0.5, 0.6) is 0 Å². The molecule has 0 saturated carbocycles. The van der Waals surface area contributed by atoms with Crippen LogP contribution < -0.4 is 5.32 Å². The molecule has 3 N–H and O–H groups in total. The number of esters is 1. The first kappa shape index (κ1) is 53.6. The zero-order chi connectivity index (χ0) is 41.0. The molecule has 0 spiro atoms. The van der Waals surface area contributed by atoms with Crippen LogP contribution >= 0.6 is 0 Å². The lowest BCUT2D eigenvalue weighted by atomic mass is 10.0. The summed E-state index contributed by atoms with van der Waals surface area (Å²) in [5.74, 6) is -0.562. The fourth-order valence-corrected chi connectivity index (χ4v) is 6.70. The van der Waals surface area contributed by atoms with Crippen molar-refractivity contribution < 1.29 is 24.5 Å². The fourth-order valence-electron chi connectivity index (χ4n) is 6.70. The van der Waals surface area contributed by atoms with E-state index in [-0.39, 0.29) is 24.9 Å². The van der Waals surface area contributed by atoms with Gasteiger partial charge in [0.2, 0.25) is 5.91 Å². The van der Waals surface area contributed by atoms with Gasteiger partial charge in [0.05, 0.1) is 25.2 Å². The Morgan fingerprint density at radius 1 is 0.518 bits per heavy atom. The van der Waals surface area contributed by atoms with E-state index in [4.69, 9.17) is 4.74 Å². The van der Waals surface area contributed by atoms with Gasteiger partial charge in [-0.2, -0.15) is 0 Å². The molecule has 56 heavy (non-hydrogen) atoms. The summed E-state index contributed by atoms with van der Waals surface area (Å²) in [4.78, 5) is 25.9. The molecule has 0 bridgehead atoms. The van der Waals surface area contributed by atoms with Crippen LogP contribution in [-0.2, 0) is 14.3 Å². The van der Waals surface area contributed by atoms with Crippen molar-refractivity contribution in [2.75, 3.05) is 6.61 Å². The molecule has 1 amide bonds. The zero-order valence-corrected chi connectivity index (χ0v) is 36.8. The maximum atomic E-state index is 13.1. The second-order valence-electron chi connectivity index (χ2n) is 15.8. The molecule has 0 rings (SSSR count). The average Bonchev–Trinajstić information content (AvgIpc) is 3.19. The van der Waals surface area contributed by atoms with Crippen molar-refractivity contribution in [3.63, 3.8) is 0 Å². The highest BCUT2D eigenvalue weighted by atomic mass is 16.5. The molecule has 0 aliphatic heterocycles. The average molecular weight is 784 g/mol. The van der Waals surface area contributed by atoms with Gasteiger partial charge in [-0.15, -0.1) is 0 Å². The molecule has 0 aromatic heterocycles. The first-order valence-corrected chi connectivity index (χ1v) is 23.5. The van der Waals surface area contributed by atoms with Gasteiger partial charge >= 0.3 is 5.97 Å². The van der Waals surface area contributed by atoms with E-state index < -0.39 is 18.2 Å². The van der Waals surface area contributed by atoms with Gasteiger partial charge in [0, 0.05) is 6.42 Å². The standard InChI is InChI=1S/C50H89NO5/c1-4-7-10-13-16-19-21-22-23-24-25-26-28-31-34-37-40-43-50(55)56-46(41-38-35-32-29-18-15-12-9-6-3)44-49(54)51-47(45-52)48(53)42-39-36-33-30-27-20-17-14-11-8-5-2/h15-16,18-19,22-23,25-26,31,34,46-48,52-53H,4-14,17,20-21,24,27-30,32-33,35-45H2,1-3H3,(H,51,54)/b18-15-,19-16-,23-22-,26-25-,34-31-. The minimum Gasteiger partial charge on any atom is -0.462 e. The van der Waals surface area contributed by atoms with E-state index in [0.29, 0.717) is 25.7 Å². The first-order chi connectivity index (χ1) is 27.5. The Balaban J connectivity index is 4.62. The minimum absolute atomic E-state index is 0.0432. The molecular weight excluding hydrogens is 695 g/mol. The van der Waals surface area contributed by atoms with Gasteiger partial charge in [-0.05, 0) is 83.5 Å². The number of hydrogen-bond donors (Lipinski definition) is 3. The molecule has 6 nitrogen and oxygen atoms in total. The number of carbonyl (C=O) groups is 2. The Hall–Kier alpha value is -2.44. The van der Waals surface area contributed by atoms with Crippen molar-refractivity contribution in [2.45, 2.75) is 238 Å². The smallest absolute Gasteiger partial charge is 0.306 e. The lowest BCUT2D eigenvalue weighted by Gasteiger charge is -2.24. The Bertz CT molecular complexity index is 1010. The van der Waals surface area contributed by atoms with Crippen molar-refractivity contribution >= 4 is 11.9 Å². The van der Waals surface area contributed by atoms with Crippen LogP contribution in [0, 0.1) is 0 Å². The predicted octanol–water partition coefficient (Wildman–Crippen LogP) is 13.7. The monoisotopic (exact) mass is 784 g/mol. The maximum absolute atomic E-state index is 13.1. The van der Waals surface area contributed by atoms with E-state index in [9.17, 15) is 19.8 Å². The third-order valence-corrected chi connectivity index (χ3v) is 10.3. The highest BCUT2D eigenvalue weighted by Crippen LogP contribution is 2.16. The molecule has 0 aromatic carbocycles. The van der Waals surface area contributed by atoms with E-state index in [1.807, 2.05) is 0 Å². The summed E-state index contributed by atoms with van der Waals surface area (Å²) in [5, 5.41) is 23.6. The molecule has 324 valence electrons. The topological polar surface area (TPSA) is 95.9 Å². The summed E-state index contributed by atoms with van der Waals surface area (Å²) in [5.41, 5.74) is 0. The number of nitrogens with one attached hydrogen (secondary N) is 1. The summed E-state index contributed by atoms with van der Waals surface area (Å²) in [6, 6.07) is -0.716. The first-order valence-electron chi connectivity index (χ1n) is 23.5. The lowest BCUT2D eigenvalue weighted by Crippen LogP contribution is -2.46. The van der Waals surface area contributed by atoms with Crippen LogP contribution in [0.15, 0.2) is 60.8 Å². The number of aliphatic hydroxyl groups is 2. The van der Waals surface area contributed by atoms with Crippen LogP contribution in [0.4, 0.5) is 0 Å². The molecule has 0 aliphatic carbocycles. The Morgan fingerprint density at radius 3 is 1.48 bits per heavy atom. The second kappa shape index (κ2) is 43.7. The summed E-state index contributed by atoms with van der Waals surface area (Å²) in [6.07, 6.45) is 52.9. The summed E-state index contributed by atoms with van der Waals surface area (Å²) in [6.45, 7) is 6.37. The largest absolute Gasteiger partial charge is 0.462 e. The number of allylic oxidation sites excluding steroid dienone is 10. The van der Waals surface area contributed by atoms with E-state index >= 15 is 0 Å². The zero-order valence-electron chi connectivity index (χ0n) is 36.8. The third-order valence-electron chi connectivity index (χ3n) is 10.3. The molecule has 3 atom stereocenters. The molecule has 0 heterocycles. The van der Waals surface area contributed by atoms with Gasteiger partial charge < -0.3 is 20.3 Å². The van der Waals surface area contributed by atoms with Crippen LogP contribution in [0.2, 0.25) is 0 Å². The highest BCUT2D eigenvalue weighted by Gasteiger charge is 2.24. The summed E-state index contributed by atoms with van der Waals surface area (Å²) >= 11 is 0. The van der Waals surface area contributed by atoms with Gasteiger partial charge in [0.1, 0.15) is 6.10 Å². The van der Waals surface area contributed by atoms with Gasteiger partial charge in [-0.25, -0.2) is 0 Å². The number of ether oxygens (including phenoxy) is 1. The van der Waals surface area contributed by atoms with Gasteiger partial charge in [-0.1, -0.05) is 184 Å². The fraction of sp³-hybridized carbons (Fsp3) is 0.760. The van der Waals surface area contributed by atoms with Gasteiger partial charge in [0.15, 0.2) is 0 Å². The molecule has 0 aromatic rings. The third kappa shape index (κ3) is 38.4. The predicted molar refractivity (Wildman–Crippen MR) is 241 cm³/mol. The molecular formula is C50H89NO5. The molecule has 3 unspecified atom stereocenters. The van der Waals surface area contributed by atoms with Crippen molar-refractivity contribution in [2.24, 2.45) is 0 Å². The van der Waals surface area contributed by atoms with E-state index in [0.717, 1.165) is 77.0 Å². The molecule has 0 fully saturated rings. The minimum atomic E-state index is -0.799. The molecule has 0 aliphatic rings. The number of hydrogen-bond acceptors (Lipinski definition) is 5. The maximum Gasteiger partial charge on any atom is 0.306 e. The van der Waals surface area contributed by atoms with Gasteiger partial charge in [0.25, 0.3) is 0 Å². The Kier molecular flexibility index (Phi) is 41.8. The summed E-state index contributed by atoms with van der Waals surface area (Å²) < 4.78 is 5.86. The number of unbranched alkanes of at least 4 members (excludes halogenated alkanes) is 19. The summed E-state index contributed by atoms with van der Waals surface area (Å²) in [7, 11) is 0. The van der Waals surface area contributed by atoms with E-state index in [1.54, 1.807) is 0 Å². The number of aliphatic hydroxyl groups excluding tert-OH is 2. The molecule has 0 saturated heterocycles. The van der Waals surface area contributed by atoms with Crippen molar-refractivity contribution in [3.05, 3.63) is 60.8 Å². The van der Waals surface area contributed by atoms with Crippen LogP contribution in [-0.4, -0.2) is 46.9 Å². The van der Waals surface area contributed by atoms with Crippen molar-refractivity contribution in [1.82, 2.24) is 5.32 Å². The Morgan fingerprint density at radius 2 is 0.929 bits per heavy atom. The van der Waals surface area contributed by atoms with Gasteiger partial charge in [-0.3, -0.25) is 9.59 Å². The van der Waals surface area contributed by atoms with Crippen molar-refractivity contribution in [3.8, 4) is 0 Å². The van der Waals surface area contributed by atoms with Crippen LogP contribution in [0.3, 0.4) is 0 Å². The van der Waals surface area contributed by atoms with Crippen LogP contribution in [0.1, 0.15) is 220 Å². The van der Waals surface area contributed by atoms with Crippen LogP contribution in [0.25, 0.3) is 0 Å². The number of amides is 1. The number of rotatable bonds is 41. The van der Waals surface area contributed by atoms with E-state index in [2.05, 4.69) is 86.8 Å².